The van der Waals surface area contributed by atoms with Gasteiger partial charge in [0, 0.05) is 26.8 Å². The van der Waals surface area contributed by atoms with E-state index >= 15 is 0 Å². The van der Waals surface area contributed by atoms with Crippen LogP contribution in [0.4, 0.5) is 0 Å². The molecule has 0 heterocycles. The minimum atomic E-state index is 0.0316. The van der Waals surface area contributed by atoms with E-state index in [1.807, 2.05) is 12.1 Å². The molecule has 120 valence electrons. The molecule has 0 saturated heterocycles. The van der Waals surface area contributed by atoms with E-state index in [9.17, 15) is 5.11 Å². The first-order valence-electron chi connectivity index (χ1n) is 7.07. The Balaban J connectivity index is 2.63. The Morgan fingerprint density at radius 1 is 1.10 bits per heavy atom. The number of rotatable bonds is 9. The smallest absolute Gasteiger partial charge is 0.200 e. The first-order valence-corrected chi connectivity index (χ1v) is 7.07. The quantitative estimate of drug-likeness (QED) is 0.733. The number of hydrogen-bond acceptors (Lipinski definition) is 5. The third-order valence-corrected chi connectivity index (χ3v) is 3.46. The molecule has 1 aromatic rings. The Labute approximate surface area is 127 Å². The molecule has 0 spiro atoms. The fourth-order valence-electron chi connectivity index (χ4n) is 2.06. The number of methoxy groups -OCH3 is 3. The predicted molar refractivity (Wildman–Crippen MR) is 83.2 cm³/mol. The van der Waals surface area contributed by atoms with Crippen molar-refractivity contribution in [1.29, 1.82) is 0 Å². The first kappa shape index (κ1) is 17.6. The third kappa shape index (κ3) is 5.44. The summed E-state index contributed by atoms with van der Waals surface area (Å²) < 4.78 is 15.4. The minimum Gasteiger partial charge on any atom is -0.502 e. The molecule has 0 aliphatic heterocycles. The van der Waals surface area contributed by atoms with Crippen molar-refractivity contribution >= 4 is 0 Å². The fraction of sp³-hybridized carbons (Fsp3) is 0.625. The highest BCUT2D eigenvalue weighted by atomic mass is 16.5. The molecular formula is C16H27NO4. The SMILES string of the molecule is COCCC(C)(C)CNCc1cc(OC)c(O)c(OC)c1. The van der Waals surface area contributed by atoms with E-state index < -0.39 is 0 Å². The van der Waals surface area contributed by atoms with Crippen molar-refractivity contribution in [3.63, 3.8) is 0 Å². The Kier molecular flexibility index (Phi) is 6.78. The average Bonchev–Trinajstić information content (AvgIpc) is 2.46. The van der Waals surface area contributed by atoms with Gasteiger partial charge in [-0.1, -0.05) is 13.8 Å². The number of ether oxygens (including phenoxy) is 3. The van der Waals surface area contributed by atoms with E-state index in [0.29, 0.717) is 18.0 Å². The van der Waals surface area contributed by atoms with E-state index in [-0.39, 0.29) is 11.2 Å². The fourth-order valence-corrected chi connectivity index (χ4v) is 2.06. The van der Waals surface area contributed by atoms with E-state index in [1.165, 1.54) is 14.2 Å². The summed E-state index contributed by atoms with van der Waals surface area (Å²) in [5.74, 6) is 0.874. The zero-order valence-electron chi connectivity index (χ0n) is 13.7. The van der Waals surface area contributed by atoms with Gasteiger partial charge in [-0.15, -0.1) is 0 Å². The predicted octanol–water partition coefficient (Wildman–Crippen LogP) is 2.56. The van der Waals surface area contributed by atoms with Gasteiger partial charge in [-0.2, -0.15) is 0 Å². The van der Waals surface area contributed by atoms with Crippen LogP contribution in [0, 0.1) is 5.41 Å². The lowest BCUT2D eigenvalue weighted by molar-refractivity contribution is 0.150. The summed E-state index contributed by atoms with van der Waals surface area (Å²) >= 11 is 0. The molecule has 0 amide bonds. The molecule has 0 aliphatic carbocycles. The van der Waals surface area contributed by atoms with Gasteiger partial charge in [0.15, 0.2) is 11.5 Å². The van der Waals surface area contributed by atoms with Crippen LogP contribution in [-0.2, 0) is 11.3 Å². The molecule has 5 heteroatoms. The van der Waals surface area contributed by atoms with E-state index in [0.717, 1.165) is 25.1 Å². The van der Waals surface area contributed by atoms with Crippen LogP contribution in [0.2, 0.25) is 0 Å². The van der Waals surface area contributed by atoms with Crippen molar-refractivity contribution in [1.82, 2.24) is 5.32 Å². The van der Waals surface area contributed by atoms with Gasteiger partial charge in [0.2, 0.25) is 5.75 Å². The molecule has 0 aromatic heterocycles. The number of benzene rings is 1. The first-order chi connectivity index (χ1) is 9.93. The standard InChI is InChI=1S/C16H27NO4/c1-16(2,6-7-19-3)11-17-10-12-8-13(20-4)15(18)14(9-12)21-5/h8-9,17-18H,6-7,10-11H2,1-5H3. The average molecular weight is 297 g/mol. The van der Waals surface area contributed by atoms with Crippen molar-refractivity contribution < 1.29 is 19.3 Å². The Morgan fingerprint density at radius 2 is 1.67 bits per heavy atom. The molecule has 5 nitrogen and oxygen atoms in total. The van der Waals surface area contributed by atoms with Gasteiger partial charge in [-0.05, 0) is 29.5 Å². The van der Waals surface area contributed by atoms with Gasteiger partial charge in [0.05, 0.1) is 14.2 Å². The van der Waals surface area contributed by atoms with Gasteiger partial charge < -0.3 is 24.6 Å². The lowest BCUT2D eigenvalue weighted by Crippen LogP contribution is -2.30. The van der Waals surface area contributed by atoms with Crippen molar-refractivity contribution in [3.05, 3.63) is 17.7 Å². The van der Waals surface area contributed by atoms with Crippen LogP contribution in [0.5, 0.6) is 17.2 Å². The van der Waals surface area contributed by atoms with Crippen LogP contribution >= 0.6 is 0 Å². The number of hydrogen-bond donors (Lipinski definition) is 2. The second-order valence-corrected chi connectivity index (χ2v) is 5.86. The van der Waals surface area contributed by atoms with Crippen LogP contribution in [0.25, 0.3) is 0 Å². The summed E-state index contributed by atoms with van der Waals surface area (Å²) in [7, 11) is 4.78. The van der Waals surface area contributed by atoms with Gasteiger partial charge in [-0.3, -0.25) is 0 Å². The lowest BCUT2D eigenvalue weighted by Gasteiger charge is -2.24. The molecule has 0 fully saturated rings. The molecule has 0 radical (unpaired) electrons. The molecule has 0 atom stereocenters. The monoisotopic (exact) mass is 297 g/mol. The van der Waals surface area contributed by atoms with Crippen molar-refractivity contribution in [2.24, 2.45) is 5.41 Å². The van der Waals surface area contributed by atoms with E-state index in [4.69, 9.17) is 14.2 Å². The van der Waals surface area contributed by atoms with Gasteiger partial charge in [0.1, 0.15) is 0 Å². The second-order valence-electron chi connectivity index (χ2n) is 5.86. The summed E-state index contributed by atoms with van der Waals surface area (Å²) in [4.78, 5) is 0. The molecule has 1 rings (SSSR count). The number of aromatic hydroxyl groups is 1. The molecular weight excluding hydrogens is 270 g/mol. The molecule has 0 saturated carbocycles. The van der Waals surface area contributed by atoms with Gasteiger partial charge >= 0.3 is 0 Å². The minimum absolute atomic E-state index is 0.0316. The van der Waals surface area contributed by atoms with Crippen LogP contribution in [0.3, 0.4) is 0 Å². The summed E-state index contributed by atoms with van der Waals surface area (Å²) in [5.41, 5.74) is 1.17. The van der Waals surface area contributed by atoms with Gasteiger partial charge in [-0.25, -0.2) is 0 Å². The summed E-state index contributed by atoms with van der Waals surface area (Å²) in [6.45, 7) is 6.73. The molecule has 1 aromatic carbocycles. The Morgan fingerprint density at radius 3 is 2.14 bits per heavy atom. The van der Waals surface area contributed by atoms with Crippen LogP contribution < -0.4 is 14.8 Å². The zero-order valence-corrected chi connectivity index (χ0v) is 13.7. The van der Waals surface area contributed by atoms with E-state index in [2.05, 4.69) is 19.2 Å². The highest BCUT2D eigenvalue weighted by molar-refractivity contribution is 5.52. The summed E-state index contributed by atoms with van der Waals surface area (Å²) in [5, 5.41) is 13.3. The maximum Gasteiger partial charge on any atom is 0.200 e. The highest BCUT2D eigenvalue weighted by Gasteiger charge is 2.17. The number of nitrogens with one attached hydrogen (secondary N) is 1. The lowest BCUT2D eigenvalue weighted by atomic mass is 9.89. The summed E-state index contributed by atoms with van der Waals surface area (Å²) in [6.07, 6.45) is 0.999. The largest absolute Gasteiger partial charge is 0.502 e. The zero-order chi connectivity index (χ0) is 15.9. The molecule has 21 heavy (non-hydrogen) atoms. The molecule has 2 N–H and O–H groups in total. The van der Waals surface area contributed by atoms with Gasteiger partial charge in [0.25, 0.3) is 0 Å². The number of phenolic OH excluding ortho intramolecular Hbond substituents is 1. The van der Waals surface area contributed by atoms with Crippen LogP contribution in [0.1, 0.15) is 25.8 Å². The van der Waals surface area contributed by atoms with Crippen molar-refractivity contribution in [2.75, 3.05) is 34.5 Å². The van der Waals surface area contributed by atoms with Crippen LogP contribution in [-0.4, -0.2) is 39.6 Å². The Hall–Kier alpha value is -1.46. The Bertz CT molecular complexity index is 421. The third-order valence-electron chi connectivity index (χ3n) is 3.46. The summed E-state index contributed by atoms with van der Waals surface area (Å²) in [6, 6.07) is 3.63. The highest BCUT2D eigenvalue weighted by Crippen LogP contribution is 2.37. The molecule has 0 bridgehead atoms. The maximum atomic E-state index is 9.88. The molecule has 0 aliphatic rings. The normalized spacial score (nSPS) is 11.5. The molecule has 0 unspecified atom stereocenters. The number of phenols is 1. The van der Waals surface area contributed by atoms with Crippen molar-refractivity contribution in [2.45, 2.75) is 26.8 Å². The second kappa shape index (κ2) is 8.10. The van der Waals surface area contributed by atoms with Crippen LogP contribution in [0.15, 0.2) is 12.1 Å². The maximum absolute atomic E-state index is 9.88. The van der Waals surface area contributed by atoms with E-state index in [1.54, 1.807) is 7.11 Å². The van der Waals surface area contributed by atoms with Crippen molar-refractivity contribution in [3.8, 4) is 17.2 Å². The topological polar surface area (TPSA) is 60.0 Å².